The lowest BCUT2D eigenvalue weighted by Gasteiger charge is -2.19. The van der Waals surface area contributed by atoms with Gasteiger partial charge in [-0.1, -0.05) is 12.1 Å². The fraction of sp³-hybridized carbons (Fsp3) is 0.654. The van der Waals surface area contributed by atoms with E-state index in [1.54, 1.807) is 45.0 Å². The van der Waals surface area contributed by atoms with Gasteiger partial charge in [0.15, 0.2) is 6.61 Å². The quantitative estimate of drug-likeness (QED) is 0.103. The number of hydrogen-bond acceptors (Lipinski definition) is 9. The van der Waals surface area contributed by atoms with E-state index >= 15 is 0 Å². The molecule has 13 heteroatoms. The predicted molar refractivity (Wildman–Crippen MR) is 137 cm³/mol. The van der Waals surface area contributed by atoms with Crippen molar-refractivity contribution in [1.29, 1.82) is 0 Å². The molecule has 1 rings (SSSR count). The maximum Gasteiger partial charge on any atom is 0.344 e. The van der Waals surface area contributed by atoms with Crippen LogP contribution in [0.4, 0.5) is 0 Å². The van der Waals surface area contributed by atoms with Crippen molar-refractivity contribution < 1.29 is 66.1 Å². The number of esters is 1. The van der Waals surface area contributed by atoms with Crippen LogP contribution in [0.1, 0.15) is 32.8 Å². The maximum atomic E-state index is 12.2. The molecule has 0 aromatic heterocycles. The molecule has 1 aromatic carbocycles. The van der Waals surface area contributed by atoms with Crippen molar-refractivity contribution >= 4 is 17.8 Å². The zero-order valence-corrected chi connectivity index (χ0v) is 23.8. The highest BCUT2D eigenvalue weighted by Crippen LogP contribution is 2.15. The third kappa shape index (κ3) is 20.1. The highest BCUT2D eigenvalue weighted by Gasteiger charge is 2.20. The van der Waals surface area contributed by atoms with Crippen LogP contribution >= 0.6 is 0 Å². The van der Waals surface area contributed by atoms with Gasteiger partial charge in [0, 0.05) is 12.8 Å². The zero-order chi connectivity index (χ0) is 28.2. The summed E-state index contributed by atoms with van der Waals surface area (Å²) in [5.74, 6) is -1.61. The third-order valence-corrected chi connectivity index (χ3v) is 4.65. The van der Waals surface area contributed by atoms with Gasteiger partial charge in [0.1, 0.15) is 17.4 Å². The van der Waals surface area contributed by atoms with Gasteiger partial charge in [-0.05, 0) is 38.5 Å². The minimum absolute atomic E-state index is 0. The maximum absolute atomic E-state index is 12.2. The molecule has 5 N–H and O–H groups in total. The Morgan fingerprint density at radius 3 is 1.87 bits per heavy atom. The summed E-state index contributed by atoms with van der Waals surface area (Å²) in [7, 11) is 0. The molecule has 0 aliphatic heterocycles. The largest absolute Gasteiger partial charge is 1.00 e. The summed E-state index contributed by atoms with van der Waals surface area (Å²) in [6.07, 6.45) is 0.115. The molecule has 0 saturated carbocycles. The number of carbonyl (C=O) groups is 3. The van der Waals surface area contributed by atoms with Gasteiger partial charge in [0.2, 0.25) is 5.91 Å². The molecule has 224 valence electrons. The van der Waals surface area contributed by atoms with Crippen LogP contribution < -0.4 is 28.2 Å². The van der Waals surface area contributed by atoms with E-state index < -0.39 is 29.5 Å². The molecular formula is C26H43ClN2O10. The van der Waals surface area contributed by atoms with Gasteiger partial charge in [0.05, 0.1) is 59.4 Å². The Morgan fingerprint density at radius 1 is 0.872 bits per heavy atom. The molecule has 1 aromatic rings. The van der Waals surface area contributed by atoms with Crippen molar-refractivity contribution in [3.63, 3.8) is 0 Å². The molecule has 39 heavy (non-hydrogen) atoms. The Labute approximate surface area is 236 Å². The Hall–Kier alpha value is -2.48. The van der Waals surface area contributed by atoms with Crippen molar-refractivity contribution in [2.24, 2.45) is 0 Å². The van der Waals surface area contributed by atoms with E-state index in [2.05, 4.69) is 11.1 Å². The fourth-order valence-electron chi connectivity index (χ4n) is 2.97. The average molecular weight is 579 g/mol. The summed E-state index contributed by atoms with van der Waals surface area (Å²) in [5, 5.41) is 12.0. The van der Waals surface area contributed by atoms with E-state index in [9.17, 15) is 19.5 Å². The highest BCUT2D eigenvalue weighted by molar-refractivity contribution is 5.83. The highest BCUT2D eigenvalue weighted by atomic mass is 35.5. The standard InChI is InChI=1S/C26H42N2O10.ClH/c1-26(2,3)38-24(30)19-37-21-6-4-20(5-7-21)18-22(25(31)32)28-23(29)8-10-33-12-14-35-16-17-36-15-13-34-11-9-27;/h4-7,22H,8-19,27H2,1-3H3,(H,28,29)(H,31,32);1H. The molecule has 0 spiro atoms. The summed E-state index contributed by atoms with van der Waals surface area (Å²) >= 11 is 0. The van der Waals surface area contributed by atoms with Gasteiger partial charge in [-0.2, -0.15) is 0 Å². The van der Waals surface area contributed by atoms with Crippen LogP contribution in [0, 0.1) is 0 Å². The van der Waals surface area contributed by atoms with Gasteiger partial charge in [0.25, 0.3) is 0 Å². The first-order chi connectivity index (χ1) is 18.1. The number of carboxylic acids is 1. The van der Waals surface area contributed by atoms with Crippen molar-refractivity contribution in [3.05, 3.63) is 29.8 Å². The number of amides is 1. The molecule has 1 atom stereocenters. The lowest BCUT2D eigenvalue weighted by atomic mass is 10.1. The molecule has 12 nitrogen and oxygen atoms in total. The number of nitrogens with one attached hydrogen (secondary N) is 1. The van der Waals surface area contributed by atoms with Gasteiger partial charge in [-0.3, -0.25) is 4.79 Å². The SMILES string of the molecule is CC(C)(C)OC(=O)COc1ccc(CC(NC(=O)CCOCCOCCOCCOCC[NH3+])C(=O)O)cc1.[Cl-]. The van der Waals surface area contributed by atoms with Crippen LogP contribution in [-0.2, 0) is 44.5 Å². The van der Waals surface area contributed by atoms with Crippen LogP contribution in [0.3, 0.4) is 0 Å². The third-order valence-electron chi connectivity index (χ3n) is 4.65. The van der Waals surface area contributed by atoms with E-state index in [1.807, 2.05) is 0 Å². The molecular weight excluding hydrogens is 536 g/mol. The van der Waals surface area contributed by atoms with Crippen LogP contribution in [0.5, 0.6) is 5.75 Å². The first kappa shape index (κ1) is 36.5. The number of carbonyl (C=O) groups excluding carboxylic acids is 2. The summed E-state index contributed by atoms with van der Waals surface area (Å²) in [6.45, 7) is 9.15. The van der Waals surface area contributed by atoms with E-state index in [0.29, 0.717) is 57.6 Å². The van der Waals surface area contributed by atoms with E-state index in [1.165, 1.54) is 0 Å². The first-order valence-corrected chi connectivity index (χ1v) is 12.7. The Bertz CT molecular complexity index is 818. The molecule has 0 aliphatic rings. The second kappa shape index (κ2) is 21.4. The second-order valence-electron chi connectivity index (χ2n) is 9.23. The van der Waals surface area contributed by atoms with Gasteiger partial charge in [-0.25, -0.2) is 9.59 Å². The topological polar surface area (TPSA) is 166 Å². The van der Waals surface area contributed by atoms with Crippen molar-refractivity contribution in [2.75, 3.05) is 66.0 Å². The number of quaternary nitrogens is 1. The van der Waals surface area contributed by atoms with E-state index in [0.717, 1.165) is 6.54 Å². The van der Waals surface area contributed by atoms with Gasteiger partial charge >= 0.3 is 11.9 Å². The summed E-state index contributed by atoms with van der Waals surface area (Å²) in [5.41, 5.74) is 3.77. The number of rotatable bonds is 21. The monoisotopic (exact) mass is 578 g/mol. The van der Waals surface area contributed by atoms with Gasteiger partial charge < -0.3 is 57.0 Å². The minimum Gasteiger partial charge on any atom is -1.00 e. The fourth-order valence-corrected chi connectivity index (χ4v) is 2.97. The van der Waals surface area contributed by atoms with Crippen LogP contribution in [0.2, 0.25) is 0 Å². The summed E-state index contributed by atoms with van der Waals surface area (Å²) < 4.78 is 31.9. The molecule has 0 saturated heterocycles. The number of hydrogen-bond donors (Lipinski definition) is 3. The van der Waals surface area contributed by atoms with Gasteiger partial charge in [-0.15, -0.1) is 0 Å². The lowest BCUT2D eigenvalue weighted by molar-refractivity contribution is -0.374. The Balaban J connectivity index is 0.0000144. The minimum atomic E-state index is -1.14. The first-order valence-electron chi connectivity index (χ1n) is 12.7. The lowest BCUT2D eigenvalue weighted by Crippen LogP contribution is -3.00. The Kier molecular flexibility index (Phi) is 20.0. The number of halogens is 1. The second-order valence-corrected chi connectivity index (χ2v) is 9.23. The molecule has 0 heterocycles. The van der Waals surface area contributed by atoms with Crippen LogP contribution in [0.15, 0.2) is 24.3 Å². The Morgan fingerprint density at radius 2 is 1.38 bits per heavy atom. The molecule has 1 unspecified atom stereocenters. The average Bonchev–Trinajstić information content (AvgIpc) is 2.85. The molecule has 0 aliphatic carbocycles. The summed E-state index contributed by atoms with van der Waals surface area (Å²) in [6, 6.07) is 5.52. The molecule has 0 bridgehead atoms. The van der Waals surface area contributed by atoms with E-state index in [4.69, 9.17) is 28.4 Å². The van der Waals surface area contributed by atoms with Crippen LogP contribution in [0.25, 0.3) is 0 Å². The zero-order valence-electron chi connectivity index (χ0n) is 23.1. The normalized spacial score (nSPS) is 11.8. The summed E-state index contributed by atoms with van der Waals surface area (Å²) in [4.78, 5) is 35.6. The number of ether oxygens (including phenoxy) is 6. The molecule has 0 radical (unpaired) electrons. The number of benzene rings is 1. The molecule has 0 fully saturated rings. The predicted octanol–water partition coefficient (Wildman–Crippen LogP) is -2.78. The molecule has 1 amide bonds. The number of carboxylic acid groups (broad SMARTS) is 1. The van der Waals surface area contributed by atoms with Crippen molar-refractivity contribution in [1.82, 2.24) is 5.32 Å². The van der Waals surface area contributed by atoms with E-state index in [-0.39, 0.29) is 38.5 Å². The van der Waals surface area contributed by atoms with Crippen molar-refractivity contribution in [2.45, 2.75) is 45.3 Å². The van der Waals surface area contributed by atoms with Crippen molar-refractivity contribution in [3.8, 4) is 5.75 Å². The number of aliphatic carboxylic acids is 1. The smallest absolute Gasteiger partial charge is 0.344 e. The van der Waals surface area contributed by atoms with Crippen LogP contribution in [-0.4, -0.2) is 101 Å².